The van der Waals surface area contributed by atoms with E-state index in [0.29, 0.717) is 19.0 Å². The average Bonchev–Trinajstić information content (AvgIpc) is 3.12. The highest BCUT2D eigenvalue weighted by Crippen LogP contribution is 2.29. The summed E-state index contributed by atoms with van der Waals surface area (Å²) in [6.07, 6.45) is 5.17. The van der Waals surface area contributed by atoms with Gasteiger partial charge in [0.05, 0.1) is 5.92 Å². The third-order valence-electron chi connectivity index (χ3n) is 4.29. The molecule has 3 rings (SSSR count). The van der Waals surface area contributed by atoms with Crippen molar-refractivity contribution in [1.29, 1.82) is 0 Å². The Morgan fingerprint density at radius 1 is 1.22 bits per heavy atom. The molecule has 1 saturated carbocycles. The summed E-state index contributed by atoms with van der Waals surface area (Å²) in [5.74, 6) is -0.101. The molecule has 0 bridgehead atoms. The van der Waals surface area contributed by atoms with Crippen LogP contribution in [-0.2, 0) is 9.59 Å². The molecule has 100 valence electrons. The number of nitrogens with one attached hydrogen (secondary N) is 2. The smallest absolute Gasteiger partial charge is 0.225 e. The summed E-state index contributed by atoms with van der Waals surface area (Å²) < 4.78 is 0. The van der Waals surface area contributed by atoms with Gasteiger partial charge in [0.25, 0.3) is 0 Å². The van der Waals surface area contributed by atoms with Crippen molar-refractivity contribution >= 4 is 11.8 Å². The summed E-state index contributed by atoms with van der Waals surface area (Å²) >= 11 is 0. The van der Waals surface area contributed by atoms with Crippen LogP contribution in [0.1, 0.15) is 32.1 Å². The molecule has 1 aliphatic carbocycles. The largest absolute Gasteiger partial charge is 0.355 e. The van der Waals surface area contributed by atoms with Gasteiger partial charge >= 0.3 is 0 Å². The Kier molecular flexibility index (Phi) is 3.24. The van der Waals surface area contributed by atoms with Crippen molar-refractivity contribution in [2.75, 3.05) is 19.6 Å². The van der Waals surface area contributed by atoms with Crippen LogP contribution in [-0.4, -0.2) is 48.4 Å². The van der Waals surface area contributed by atoms with Crippen LogP contribution in [0.2, 0.25) is 0 Å². The van der Waals surface area contributed by atoms with Gasteiger partial charge in [-0.2, -0.15) is 0 Å². The van der Waals surface area contributed by atoms with Gasteiger partial charge in [0.1, 0.15) is 0 Å². The highest BCUT2D eigenvalue weighted by atomic mass is 16.2. The highest BCUT2D eigenvalue weighted by molar-refractivity contribution is 5.89. The van der Waals surface area contributed by atoms with Crippen LogP contribution >= 0.6 is 0 Å². The number of amides is 2. The fourth-order valence-corrected chi connectivity index (χ4v) is 2.96. The molecule has 0 aromatic rings. The Hall–Kier alpha value is -1.10. The van der Waals surface area contributed by atoms with Crippen molar-refractivity contribution in [3.63, 3.8) is 0 Å². The summed E-state index contributed by atoms with van der Waals surface area (Å²) in [4.78, 5) is 25.6. The Morgan fingerprint density at radius 2 is 1.94 bits per heavy atom. The van der Waals surface area contributed by atoms with Gasteiger partial charge in [-0.25, -0.2) is 0 Å². The summed E-state index contributed by atoms with van der Waals surface area (Å²) in [5, 5.41) is 5.81. The number of likely N-dealkylation sites (tertiary alicyclic amines) is 1. The molecule has 3 fully saturated rings. The quantitative estimate of drug-likeness (QED) is 0.734. The Balaban J connectivity index is 1.43. The van der Waals surface area contributed by atoms with Crippen molar-refractivity contribution in [1.82, 2.24) is 15.5 Å². The third kappa shape index (κ3) is 2.66. The number of hydrogen-bond donors (Lipinski definition) is 2. The molecule has 0 aromatic heterocycles. The maximum Gasteiger partial charge on any atom is 0.225 e. The van der Waals surface area contributed by atoms with E-state index < -0.39 is 0 Å². The fourth-order valence-electron chi connectivity index (χ4n) is 2.96. The summed E-state index contributed by atoms with van der Waals surface area (Å²) in [5.41, 5.74) is 0. The van der Waals surface area contributed by atoms with E-state index in [0.717, 1.165) is 32.0 Å². The lowest BCUT2D eigenvalue weighted by molar-refractivity contribution is -0.127. The van der Waals surface area contributed by atoms with E-state index in [1.165, 1.54) is 12.8 Å². The Bertz CT molecular complexity index is 346. The average molecular weight is 251 g/mol. The van der Waals surface area contributed by atoms with Gasteiger partial charge in [0.15, 0.2) is 0 Å². The van der Waals surface area contributed by atoms with E-state index in [2.05, 4.69) is 15.5 Å². The predicted octanol–water partition coefficient (Wildman–Crippen LogP) is -0.134. The molecule has 2 aliphatic heterocycles. The lowest BCUT2D eigenvalue weighted by atomic mass is 10.0. The first-order valence-corrected chi connectivity index (χ1v) is 7.03. The number of rotatable bonds is 3. The van der Waals surface area contributed by atoms with Crippen LogP contribution in [0.25, 0.3) is 0 Å². The van der Waals surface area contributed by atoms with Gasteiger partial charge in [-0.05, 0) is 25.7 Å². The van der Waals surface area contributed by atoms with Crippen LogP contribution < -0.4 is 10.6 Å². The molecule has 3 aliphatic rings. The van der Waals surface area contributed by atoms with Crippen molar-refractivity contribution in [2.45, 2.75) is 44.2 Å². The molecule has 18 heavy (non-hydrogen) atoms. The number of nitrogens with zero attached hydrogens (tertiary/aromatic N) is 1. The maximum atomic E-state index is 12.0. The zero-order valence-corrected chi connectivity index (χ0v) is 10.7. The second-order valence-corrected chi connectivity index (χ2v) is 5.76. The van der Waals surface area contributed by atoms with E-state index in [1.54, 1.807) is 0 Å². The lowest BCUT2D eigenvalue weighted by Crippen LogP contribution is -2.47. The molecule has 2 saturated heterocycles. The van der Waals surface area contributed by atoms with Crippen molar-refractivity contribution in [3.8, 4) is 0 Å². The Labute approximate surface area is 107 Å². The molecule has 5 heteroatoms. The van der Waals surface area contributed by atoms with Gasteiger partial charge in [0, 0.05) is 38.1 Å². The zero-order valence-electron chi connectivity index (χ0n) is 10.7. The minimum Gasteiger partial charge on any atom is -0.355 e. The van der Waals surface area contributed by atoms with Crippen LogP contribution in [0.3, 0.4) is 0 Å². The van der Waals surface area contributed by atoms with Crippen LogP contribution in [0.15, 0.2) is 0 Å². The first-order chi connectivity index (χ1) is 8.72. The van der Waals surface area contributed by atoms with E-state index in [4.69, 9.17) is 0 Å². The number of carbonyl (C=O) groups excluding carboxylic acids is 2. The SMILES string of the molecule is O=C1CC(C(=O)NC2CCN(C3CC3)CC2)CN1. The normalized spacial score (nSPS) is 30.2. The second-order valence-electron chi connectivity index (χ2n) is 5.76. The highest BCUT2D eigenvalue weighted by Gasteiger charge is 2.33. The van der Waals surface area contributed by atoms with E-state index in [9.17, 15) is 9.59 Å². The molecule has 2 amide bonds. The van der Waals surface area contributed by atoms with E-state index in [1.807, 2.05) is 0 Å². The standard InChI is InChI=1S/C13H21N3O2/c17-12-7-9(8-14-12)13(18)15-10-3-5-16(6-4-10)11-1-2-11/h9-11H,1-8H2,(H,14,17)(H,15,18). The third-order valence-corrected chi connectivity index (χ3v) is 4.29. The second kappa shape index (κ2) is 4.88. The molecule has 0 spiro atoms. The Morgan fingerprint density at radius 3 is 2.50 bits per heavy atom. The molecule has 2 N–H and O–H groups in total. The molecule has 0 radical (unpaired) electrons. The molecule has 5 nitrogen and oxygen atoms in total. The lowest BCUT2D eigenvalue weighted by Gasteiger charge is -2.32. The van der Waals surface area contributed by atoms with Crippen molar-refractivity contribution in [3.05, 3.63) is 0 Å². The van der Waals surface area contributed by atoms with Crippen LogP contribution in [0.4, 0.5) is 0 Å². The number of piperidine rings is 1. The van der Waals surface area contributed by atoms with Gasteiger partial charge < -0.3 is 15.5 Å². The number of hydrogen-bond acceptors (Lipinski definition) is 3. The maximum absolute atomic E-state index is 12.0. The van der Waals surface area contributed by atoms with E-state index in [-0.39, 0.29) is 17.7 Å². The van der Waals surface area contributed by atoms with Crippen molar-refractivity contribution in [2.24, 2.45) is 5.92 Å². The molecule has 1 atom stereocenters. The minimum atomic E-state index is -0.154. The summed E-state index contributed by atoms with van der Waals surface area (Å²) in [7, 11) is 0. The molecular weight excluding hydrogens is 230 g/mol. The first kappa shape index (κ1) is 12.0. The predicted molar refractivity (Wildman–Crippen MR) is 66.9 cm³/mol. The van der Waals surface area contributed by atoms with Gasteiger partial charge in [-0.3, -0.25) is 9.59 Å². The summed E-state index contributed by atoms with van der Waals surface area (Å²) in [6.45, 7) is 2.72. The zero-order chi connectivity index (χ0) is 12.5. The minimum absolute atomic E-state index is 0.00120. The van der Waals surface area contributed by atoms with E-state index >= 15 is 0 Å². The fraction of sp³-hybridized carbons (Fsp3) is 0.846. The summed E-state index contributed by atoms with van der Waals surface area (Å²) in [6, 6.07) is 1.14. The van der Waals surface area contributed by atoms with Crippen LogP contribution in [0, 0.1) is 5.92 Å². The van der Waals surface area contributed by atoms with Crippen LogP contribution in [0.5, 0.6) is 0 Å². The molecular formula is C13H21N3O2. The molecule has 1 unspecified atom stereocenters. The topological polar surface area (TPSA) is 61.4 Å². The number of carbonyl (C=O) groups is 2. The molecule has 0 aromatic carbocycles. The van der Waals surface area contributed by atoms with Gasteiger partial charge in [-0.1, -0.05) is 0 Å². The van der Waals surface area contributed by atoms with Gasteiger partial charge in [-0.15, -0.1) is 0 Å². The van der Waals surface area contributed by atoms with Crippen molar-refractivity contribution < 1.29 is 9.59 Å². The van der Waals surface area contributed by atoms with Gasteiger partial charge in [0.2, 0.25) is 11.8 Å². The monoisotopic (exact) mass is 251 g/mol. The first-order valence-electron chi connectivity index (χ1n) is 7.03. The molecule has 2 heterocycles.